The summed E-state index contributed by atoms with van der Waals surface area (Å²) in [6, 6.07) is 17.5. The number of anilines is 1. The molecule has 0 bridgehead atoms. The monoisotopic (exact) mass is 499 g/mol. The first-order valence-corrected chi connectivity index (χ1v) is 11.2. The second-order valence-electron chi connectivity index (χ2n) is 7.86. The zero-order valence-electron chi connectivity index (χ0n) is 17.9. The van der Waals surface area contributed by atoms with E-state index in [1.165, 1.54) is 41.3 Å². The molecular weight excluding hydrogens is 480 g/mol. The van der Waals surface area contributed by atoms with Crippen LogP contribution in [0.4, 0.5) is 14.5 Å². The van der Waals surface area contributed by atoms with Crippen LogP contribution in [-0.4, -0.2) is 32.8 Å². The number of rotatable bonds is 7. The molecule has 3 aromatic rings. The van der Waals surface area contributed by atoms with Crippen LogP contribution < -0.4 is 5.32 Å². The van der Waals surface area contributed by atoms with Crippen LogP contribution in [0.3, 0.4) is 0 Å². The zero-order chi connectivity index (χ0) is 24.2. The van der Waals surface area contributed by atoms with Gasteiger partial charge < -0.3 is 10.2 Å². The van der Waals surface area contributed by atoms with E-state index in [2.05, 4.69) is 5.32 Å². The predicted molar refractivity (Wildman–Crippen MR) is 130 cm³/mol. The van der Waals surface area contributed by atoms with Crippen molar-refractivity contribution in [1.29, 1.82) is 0 Å². The Morgan fingerprint density at radius 2 is 1.41 bits per heavy atom. The van der Waals surface area contributed by atoms with Crippen molar-refractivity contribution >= 4 is 46.4 Å². The predicted octanol–water partition coefficient (Wildman–Crippen LogP) is 5.14. The maximum atomic E-state index is 13.3. The molecule has 0 radical (unpaired) electrons. The highest BCUT2D eigenvalue weighted by molar-refractivity contribution is 7.80. The van der Waals surface area contributed by atoms with Crippen molar-refractivity contribution in [3.8, 4) is 0 Å². The normalized spacial score (nSPS) is 15.7. The summed E-state index contributed by atoms with van der Waals surface area (Å²) in [4.78, 5) is 29.2. The molecular formula is C25H20ClF2N3O2S. The van der Waals surface area contributed by atoms with Gasteiger partial charge in [-0.05, 0) is 71.9 Å². The third-order valence-electron chi connectivity index (χ3n) is 5.43. The summed E-state index contributed by atoms with van der Waals surface area (Å²) in [6.45, 7) is 0.460. The Balaban J connectivity index is 1.55. The second kappa shape index (κ2) is 10.3. The highest BCUT2D eigenvalue weighted by atomic mass is 35.5. The quantitative estimate of drug-likeness (QED) is 0.457. The van der Waals surface area contributed by atoms with Crippen LogP contribution in [0.1, 0.15) is 17.5 Å². The van der Waals surface area contributed by atoms with Crippen LogP contribution in [0.15, 0.2) is 72.8 Å². The standard InChI is InChI=1S/C25H20ClF2N3O2S/c26-18-5-1-16(2-6-18)14-30-22(13-23(32)29-21-11-9-20(28)10-12-21)24(33)31(25(30)34)15-17-3-7-19(27)8-4-17/h1-12,22H,13-15H2,(H,29,32)/t22-/m1/s1. The molecule has 0 aromatic heterocycles. The number of thiocarbonyl (C=S) groups is 1. The molecule has 0 aliphatic carbocycles. The number of carbonyl (C=O) groups is 2. The highest BCUT2D eigenvalue weighted by Gasteiger charge is 2.43. The van der Waals surface area contributed by atoms with Crippen LogP contribution in [0, 0.1) is 11.6 Å². The molecule has 5 nitrogen and oxygen atoms in total. The molecule has 174 valence electrons. The SMILES string of the molecule is O=C(C[C@@H]1C(=O)N(Cc2ccc(F)cc2)C(=S)N1Cc1ccc(Cl)cc1)Nc1ccc(F)cc1. The Hall–Kier alpha value is -3.36. The average molecular weight is 500 g/mol. The molecule has 1 aliphatic rings. The van der Waals surface area contributed by atoms with Gasteiger partial charge in [-0.2, -0.15) is 0 Å². The summed E-state index contributed by atoms with van der Waals surface area (Å²) in [5.41, 5.74) is 2.00. The van der Waals surface area contributed by atoms with Gasteiger partial charge in [-0.3, -0.25) is 14.5 Å². The lowest BCUT2D eigenvalue weighted by atomic mass is 10.1. The van der Waals surface area contributed by atoms with E-state index in [-0.39, 0.29) is 29.8 Å². The second-order valence-corrected chi connectivity index (χ2v) is 8.66. The van der Waals surface area contributed by atoms with Gasteiger partial charge in [0.25, 0.3) is 5.91 Å². The number of carbonyl (C=O) groups excluding carboxylic acids is 2. The first-order valence-electron chi connectivity index (χ1n) is 10.5. The van der Waals surface area contributed by atoms with Gasteiger partial charge in [0.05, 0.1) is 13.0 Å². The summed E-state index contributed by atoms with van der Waals surface area (Å²) >= 11 is 11.6. The Morgan fingerprint density at radius 3 is 2.03 bits per heavy atom. The molecule has 1 N–H and O–H groups in total. The first kappa shape index (κ1) is 23.8. The van der Waals surface area contributed by atoms with Gasteiger partial charge in [-0.15, -0.1) is 0 Å². The van der Waals surface area contributed by atoms with Gasteiger partial charge in [0, 0.05) is 17.3 Å². The molecule has 1 saturated heterocycles. The molecule has 0 spiro atoms. The van der Waals surface area contributed by atoms with Crippen LogP contribution in [-0.2, 0) is 22.7 Å². The summed E-state index contributed by atoms with van der Waals surface area (Å²) < 4.78 is 26.5. The number of hydrogen-bond acceptors (Lipinski definition) is 3. The fourth-order valence-electron chi connectivity index (χ4n) is 3.70. The summed E-state index contributed by atoms with van der Waals surface area (Å²) in [6.07, 6.45) is -0.149. The number of nitrogens with zero attached hydrogens (tertiary/aromatic N) is 2. The van der Waals surface area contributed by atoms with Crippen LogP contribution in [0.25, 0.3) is 0 Å². The van der Waals surface area contributed by atoms with E-state index in [1.54, 1.807) is 29.2 Å². The molecule has 0 unspecified atom stereocenters. The average Bonchev–Trinajstić information content (AvgIpc) is 3.02. The van der Waals surface area contributed by atoms with Crippen LogP contribution >= 0.6 is 23.8 Å². The first-order chi connectivity index (χ1) is 16.3. The number of nitrogens with one attached hydrogen (secondary N) is 1. The van der Waals surface area contributed by atoms with Gasteiger partial charge >= 0.3 is 0 Å². The molecule has 1 fully saturated rings. The molecule has 9 heteroatoms. The molecule has 2 amide bonds. The van der Waals surface area contributed by atoms with Crippen molar-refractivity contribution in [3.05, 3.63) is 101 Å². The van der Waals surface area contributed by atoms with Crippen molar-refractivity contribution in [2.75, 3.05) is 5.32 Å². The van der Waals surface area contributed by atoms with Crippen LogP contribution in [0.2, 0.25) is 5.02 Å². The number of halogens is 3. The summed E-state index contributed by atoms with van der Waals surface area (Å²) in [7, 11) is 0. The number of hydrogen-bond donors (Lipinski definition) is 1. The van der Waals surface area contributed by atoms with Crippen molar-refractivity contribution in [2.24, 2.45) is 0 Å². The van der Waals surface area contributed by atoms with Crippen molar-refractivity contribution in [1.82, 2.24) is 9.80 Å². The summed E-state index contributed by atoms with van der Waals surface area (Å²) in [5.74, 6) is -1.52. The van der Waals surface area contributed by atoms with Gasteiger partial charge in [0.1, 0.15) is 17.7 Å². The van der Waals surface area contributed by atoms with E-state index in [0.717, 1.165) is 5.56 Å². The molecule has 3 aromatic carbocycles. The molecule has 1 aliphatic heterocycles. The van der Waals surface area contributed by atoms with Gasteiger partial charge in [0.2, 0.25) is 5.91 Å². The Morgan fingerprint density at radius 1 is 0.882 bits per heavy atom. The lowest BCUT2D eigenvalue weighted by Crippen LogP contribution is -2.37. The zero-order valence-corrected chi connectivity index (χ0v) is 19.5. The van der Waals surface area contributed by atoms with E-state index in [4.69, 9.17) is 23.8 Å². The fourth-order valence-corrected chi connectivity index (χ4v) is 4.17. The van der Waals surface area contributed by atoms with Crippen LogP contribution in [0.5, 0.6) is 0 Å². The topological polar surface area (TPSA) is 52.7 Å². The largest absolute Gasteiger partial charge is 0.332 e. The third kappa shape index (κ3) is 5.58. The maximum absolute atomic E-state index is 13.3. The molecule has 4 rings (SSSR count). The molecule has 34 heavy (non-hydrogen) atoms. The van der Waals surface area contributed by atoms with Crippen molar-refractivity contribution < 1.29 is 18.4 Å². The van der Waals surface area contributed by atoms with Gasteiger partial charge in [0.15, 0.2) is 5.11 Å². The third-order valence-corrected chi connectivity index (χ3v) is 6.14. The Labute approximate surface area is 205 Å². The van der Waals surface area contributed by atoms with E-state index in [0.29, 0.717) is 22.8 Å². The Kier molecular flexibility index (Phi) is 7.19. The van der Waals surface area contributed by atoms with Crippen molar-refractivity contribution in [2.45, 2.75) is 25.6 Å². The molecule has 1 heterocycles. The Bertz CT molecular complexity index is 1200. The minimum absolute atomic E-state index is 0.149. The van der Waals surface area contributed by atoms with Gasteiger partial charge in [-0.1, -0.05) is 35.9 Å². The number of amides is 2. The lowest BCUT2D eigenvalue weighted by molar-refractivity contribution is -0.131. The minimum Gasteiger partial charge on any atom is -0.332 e. The van der Waals surface area contributed by atoms with E-state index >= 15 is 0 Å². The maximum Gasteiger partial charge on any atom is 0.252 e. The van der Waals surface area contributed by atoms with Gasteiger partial charge in [-0.25, -0.2) is 8.78 Å². The lowest BCUT2D eigenvalue weighted by Gasteiger charge is -2.24. The summed E-state index contributed by atoms with van der Waals surface area (Å²) in [5, 5.41) is 3.55. The number of benzene rings is 3. The highest BCUT2D eigenvalue weighted by Crippen LogP contribution is 2.26. The smallest absolute Gasteiger partial charge is 0.252 e. The fraction of sp³-hybridized carbons (Fsp3) is 0.160. The minimum atomic E-state index is -0.830. The molecule has 0 saturated carbocycles. The van der Waals surface area contributed by atoms with E-state index in [9.17, 15) is 18.4 Å². The van der Waals surface area contributed by atoms with E-state index < -0.39 is 17.8 Å². The van der Waals surface area contributed by atoms with E-state index in [1.807, 2.05) is 12.1 Å². The molecule has 1 atom stereocenters. The van der Waals surface area contributed by atoms with Crippen molar-refractivity contribution in [3.63, 3.8) is 0 Å².